The molecule has 0 atom stereocenters. The summed E-state index contributed by atoms with van der Waals surface area (Å²) in [4.78, 5) is 2.15. The molecule has 0 amide bonds. The quantitative estimate of drug-likeness (QED) is 0.762. The van der Waals surface area contributed by atoms with Crippen LogP contribution in [0.25, 0.3) is 0 Å². The molecule has 1 nitrogen and oxygen atoms in total. The fourth-order valence-electron chi connectivity index (χ4n) is 2.24. The number of benzene rings is 1. The molecule has 94 valence electrons. The number of halogens is 4. The number of hydrogen-bond acceptors (Lipinski definition) is 1. The summed E-state index contributed by atoms with van der Waals surface area (Å²) in [5.41, 5.74) is 0.767. The fraction of sp³-hybridized carbons (Fsp3) is 0.500. The Balaban J connectivity index is 2.47. The lowest BCUT2D eigenvalue weighted by atomic mass is 9.94. The van der Waals surface area contributed by atoms with E-state index in [1.54, 1.807) is 6.07 Å². The molecule has 0 N–H and O–H groups in total. The van der Waals surface area contributed by atoms with Gasteiger partial charge in [0, 0.05) is 17.6 Å². The summed E-state index contributed by atoms with van der Waals surface area (Å²) in [5.74, 6) is 0. The molecule has 0 radical (unpaired) electrons. The van der Waals surface area contributed by atoms with Gasteiger partial charge >= 0.3 is 6.18 Å². The minimum atomic E-state index is -4.26. The van der Waals surface area contributed by atoms with Crippen LogP contribution in [-0.2, 0) is 19.1 Å². The maximum Gasteiger partial charge on any atom is 0.416 e. The molecule has 1 heterocycles. The fourth-order valence-corrected chi connectivity index (χ4v) is 2.75. The van der Waals surface area contributed by atoms with Crippen LogP contribution in [0.3, 0.4) is 0 Å². The molecular weight excluding hydrogens is 295 g/mol. The van der Waals surface area contributed by atoms with Crippen molar-refractivity contribution in [3.8, 4) is 0 Å². The summed E-state index contributed by atoms with van der Waals surface area (Å²) in [6.07, 6.45) is -3.78. The van der Waals surface area contributed by atoms with E-state index in [0.29, 0.717) is 29.5 Å². The third-order valence-electron chi connectivity index (χ3n) is 3.13. The van der Waals surface area contributed by atoms with E-state index in [9.17, 15) is 13.2 Å². The molecule has 0 spiro atoms. The molecule has 0 bridgehead atoms. The summed E-state index contributed by atoms with van der Waals surface area (Å²) in [7, 11) is 0. The summed E-state index contributed by atoms with van der Waals surface area (Å²) < 4.78 is 39.2. The zero-order valence-corrected chi connectivity index (χ0v) is 11.0. The molecule has 1 aliphatic rings. The molecule has 0 unspecified atom stereocenters. The van der Waals surface area contributed by atoms with Gasteiger partial charge in [-0.25, -0.2) is 0 Å². The molecule has 2 rings (SSSR count). The molecule has 0 aromatic heterocycles. The second-order valence-electron chi connectivity index (χ2n) is 4.21. The van der Waals surface area contributed by atoms with Gasteiger partial charge in [0.25, 0.3) is 0 Å². The normalized spacial score (nSPS) is 17.0. The van der Waals surface area contributed by atoms with Crippen LogP contribution >= 0.6 is 15.9 Å². The summed E-state index contributed by atoms with van der Waals surface area (Å²) in [6, 6.07) is 2.98. The lowest BCUT2D eigenvalue weighted by Crippen LogP contribution is -2.31. The third-order valence-corrected chi connectivity index (χ3v) is 3.59. The highest BCUT2D eigenvalue weighted by Gasteiger charge is 2.35. The van der Waals surface area contributed by atoms with Crippen LogP contribution < -0.4 is 0 Å². The van der Waals surface area contributed by atoms with Crippen LogP contribution in [0.15, 0.2) is 16.6 Å². The van der Waals surface area contributed by atoms with Crippen molar-refractivity contribution in [2.24, 2.45) is 0 Å². The first-order valence-electron chi connectivity index (χ1n) is 5.52. The van der Waals surface area contributed by atoms with Crippen LogP contribution in [0.4, 0.5) is 13.2 Å². The van der Waals surface area contributed by atoms with Gasteiger partial charge in [0.15, 0.2) is 0 Å². The Morgan fingerprint density at radius 3 is 2.65 bits per heavy atom. The van der Waals surface area contributed by atoms with Crippen molar-refractivity contribution in [3.63, 3.8) is 0 Å². The SMILES string of the molecule is CCN1CCc2c(cc(Br)cc2C(F)(F)F)C1. The highest BCUT2D eigenvalue weighted by molar-refractivity contribution is 9.10. The van der Waals surface area contributed by atoms with Crippen LogP contribution in [0.2, 0.25) is 0 Å². The molecular formula is C12H13BrF3N. The number of hydrogen-bond donors (Lipinski definition) is 0. The van der Waals surface area contributed by atoms with Gasteiger partial charge in [-0.1, -0.05) is 22.9 Å². The van der Waals surface area contributed by atoms with E-state index < -0.39 is 11.7 Å². The standard InChI is InChI=1S/C12H13BrF3N/c1-2-17-4-3-10-8(7-17)5-9(13)6-11(10)12(14,15)16/h5-6H,2-4,7H2,1H3. The monoisotopic (exact) mass is 307 g/mol. The lowest BCUT2D eigenvalue weighted by molar-refractivity contribution is -0.138. The largest absolute Gasteiger partial charge is 0.416 e. The first kappa shape index (κ1) is 12.9. The average molecular weight is 308 g/mol. The summed E-state index contributed by atoms with van der Waals surface area (Å²) in [6.45, 7) is 4.20. The van der Waals surface area contributed by atoms with Gasteiger partial charge < -0.3 is 0 Å². The van der Waals surface area contributed by atoms with Crippen molar-refractivity contribution in [2.75, 3.05) is 13.1 Å². The molecule has 0 aliphatic carbocycles. The van der Waals surface area contributed by atoms with Gasteiger partial charge in [0.2, 0.25) is 0 Å². The van der Waals surface area contributed by atoms with Crippen LogP contribution in [0.1, 0.15) is 23.6 Å². The first-order valence-corrected chi connectivity index (χ1v) is 6.32. The van der Waals surface area contributed by atoms with E-state index in [1.807, 2.05) is 6.92 Å². The van der Waals surface area contributed by atoms with E-state index >= 15 is 0 Å². The number of nitrogens with zero attached hydrogens (tertiary/aromatic N) is 1. The molecule has 5 heteroatoms. The minimum absolute atomic E-state index is 0.463. The third kappa shape index (κ3) is 2.65. The van der Waals surface area contributed by atoms with Crippen molar-refractivity contribution < 1.29 is 13.2 Å². The van der Waals surface area contributed by atoms with Crippen molar-refractivity contribution in [3.05, 3.63) is 33.3 Å². The minimum Gasteiger partial charge on any atom is -0.299 e. The highest BCUT2D eigenvalue weighted by atomic mass is 79.9. The summed E-state index contributed by atoms with van der Waals surface area (Å²) in [5, 5.41) is 0. The second kappa shape index (κ2) is 4.61. The van der Waals surface area contributed by atoms with Crippen molar-refractivity contribution in [1.82, 2.24) is 4.90 Å². The zero-order valence-electron chi connectivity index (χ0n) is 9.44. The predicted octanol–water partition coefficient (Wildman–Crippen LogP) is 3.85. The maximum atomic E-state index is 12.9. The molecule has 0 fully saturated rings. The average Bonchev–Trinajstić information content (AvgIpc) is 2.25. The Bertz CT molecular complexity index is 428. The number of likely N-dealkylation sites (N-methyl/N-ethyl adjacent to an activating group) is 1. The lowest BCUT2D eigenvalue weighted by Gasteiger charge is -2.29. The van der Waals surface area contributed by atoms with Crippen molar-refractivity contribution in [2.45, 2.75) is 26.1 Å². The molecule has 17 heavy (non-hydrogen) atoms. The van der Waals surface area contributed by atoms with Crippen molar-refractivity contribution in [1.29, 1.82) is 0 Å². The highest BCUT2D eigenvalue weighted by Crippen LogP contribution is 2.37. The van der Waals surface area contributed by atoms with E-state index in [-0.39, 0.29) is 0 Å². The number of alkyl halides is 3. The Kier molecular flexibility index (Phi) is 3.50. The molecule has 1 aromatic carbocycles. The maximum absolute atomic E-state index is 12.9. The van der Waals surface area contributed by atoms with Gasteiger partial charge in [-0.3, -0.25) is 4.90 Å². The van der Waals surface area contributed by atoms with Crippen molar-refractivity contribution >= 4 is 15.9 Å². The number of rotatable bonds is 1. The Morgan fingerprint density at radius 2 is 2.06 bits per heavy atom. The topological polar surface area (TPSA) is 3.24 Å². The number of fused-ring (bicyclic) bond motifs is 1. The van der Waals surface area contributed by atoms with Gasteiger partial charge in [0.05, 0.1) is 5.56 Å². The summed E-state index contributed by atoms with van der Waals surface area (Å²) >= 11 is 3.16. The first-order chi connectivity index (χ1) is 7.91. The molecule has 0 saturated heterocycles. The van der Waals surface area contributed by atoms with E-state index in [2.05, 4.69) is 20.8 Å². The van der Waals surface area contributed by atoms with Gasteiger partial charge in [-0.05, 0) is 36.2 Å². The molecule has 1 aliphatic heterocycles. The Labute approximate surface area is 107 Å². The second-order valence-corrected chi connectivity index (χ2v) is 5.12. The van der Waals surface area contributed by atoms with Crippen LogP contribution in [-0.4, -0.2) is 18.0 Å². The van der Waals surface area contributed by atoms with E-state index in [0.717, 1.165) is 12.1 Å². The van der Waals surface area contributed by atoms with Gasteiger partial charge in [-0.15, -0.1) is 0 Å². The van der Waals surface area contributed by atoms with Gasteiger partial charge in [-0.2, -0.15) is 13.2 Å². The van der Waals surface area contributed by atoms with E-state index in [4.69, 9.17) is 0 Å². The van der Waals surface area contributed by atoms with Gasteiger partial charge in [0.1, 0.15) is 0 Å². The van der Waals surface area contributed by atoms with Crippen LogP contribution in [0.5, 0.6) is 0 Å². The smallest absolute Gasteiger partial charge is 0.299 e. The van der Waals surface area contributed by atoms with Crippen LogP contribution in [0, 0.1) is 0 Å². The Hall–Kier alpha value is -0.550. The molecule has 1 aromatic rings. The van der Waals surface area contributed by atoms with E-state index in [1.165, 1.54) is 6.07 Å². The Morgan fingerprint density at radius 1 is 1.35 bits per heavy atom. The zero-order chi connectivity index (χ0) is 12.6. The predicted molar refractivity (Wildman–Crippen MR) is 63.8 cm³/mol. The molecule has 0 saturated carbocycles.